The van der Waals surface area contributed by atoms with E-state index in [9.17, 15) is 4.39 Å². The van der Waals surface area contributed by atoms with Crippen LogP contribution in [-0.2, 0) is 6.54 Å². The Morgan fingerprint density at radius 2 is 2.00 bits per heavy atom. The topological polar surface area (TPSA) is 29.3 Å². The molecule has 2 N–H and O–H groups in total. The molecule has 0 bridgehead atoms. The van der Waals surface area contributed by atoms with Gasteiger partial charge in [-0.25, -0.2) is 4.39 Å². The molecule has 3 heteroatoms. The molecular weight excluding hydrogens is 227 g/mol. The molecule has 0 fully saturated rings. The molecule has 0 amide bonds. The average Bonchev–Trinajstić information content (AvgIpc) is 2.32. The number of rotatable bonds is 6. The predicted octanol–water partition coefficient (Wildman–Crippen LogP) is 2.94. The first-order valence-electron chi connectivity index (χ1n) is 6.55. The zero-order chi connectivity index (χ0) is 13.8. The van der Waals surface area contributed by atoms with Gasteiger partial charge in [-0.1, -0.05) is 38.5 Å². The van der Waals surface area contributed by atoms with E-state index < -0.39 is 0 Å². The molecule has 102 valence electrons. The van der Waals surface area contributed by atoms with Gasteiger partial charge in [0.15, 0.2) is 0 Å². The minimum absolute atomic E-state index is 0.0658. The Bertz CT molecular complexity index is 388. The van der Waals surface area contributed by atoms with Crippen LogP contribution in [0.3, 0.4) is 0 Å². The molecule has 0 saturated heterocycles. The SMILES string of the molecule is CCN(Cc1cc(C)ccc1F)CC(C)(C)CN. The highest BCUT2D eigenvalue weighted by Gasteiger charge is 2.20. The van der Waals surface area contributed by atoms with E-state index in [-0.39, 0.29) is 11.2 Å². The Labute approximate surface area is 110 Å². The number of halogens is 1. The summed E-state index contributed by atoms with van der Waals surface area (Å²) in [6.45, 7) is 11.4. The summed E-state index contributed by atoms with van der Waals surface area (Å²) < 4.78 is 13.7. The summed E-state index contributed by atoms with van der Waals surface area (Å²) in [5.74, 6) is -0.121. The molecule has 0 aliphatic heterocycles. The number of benzene rings is 1. The lowest BCUT2D eigenvalue weighted by molar-refractivity contribution is 0.181. The molecule has 2 nitrogen and oxygen atoms in total. The van der Waals surface area contributed by atoms with E-state index >= 15 is 0 Å². The van der Waals surface area contributed by atoms with Gasteiger partial charge in [0, 0.05) is 18.7 Å². The minimum atomic E-state index is -0.121. The molecule has 0 radical (unpaired) electrons. The van der Waals surface area contributed by atoms with Crippen molar-refractivity contribution >= 4 is 0 Å². The van der Waals surface area contributed by atoms with Crippen molar-refractivity contribution in [3.8, 4) is 0 Å². The number of hydrogen-bond acceptors (Lipinski definition) is 2. The van der Waals surface area contributed by atoms with E-state index in [0.717, 1.165) is 24.2 Å². The molecule has 0 saturated carbocycles. The van der Waals surface area contributed by atoms with Crippen LogP contribution >= 0.6 is 0 Å². The summed E-state index contributed by atoms with van der Waals surface area (Å²) in [4.78, 5) is 2.24. The highest BCUT2D eigenvalue weighted by molar-refractivity contribution is 5.24. The van der Waals surface area contributed by atoms with Gasteiger partial charge < -0.3 is 5.73 Å². The average molecular weight is 252 g/mol. The first kappa shape index (κ1) is 15.1. The molecule has 1 aromatic carbocycles. The summed E-state index contributed by atoms with van der Waals surface area (Å²) >= 11 is 0. The van der Waals surface area contributed by atoms with Crippen LogP contribution in [-0.4, -0.2) is 24.5 Å². The number of nitrogens with zero attached hydrogens (tertiary/aromatic N) is 1. The quantitative estimate of drug-likeness (QED) is 0.843. The van der Waals surface area contributed by atoms with Crippen LogP contribution in [0.4, 0.5) is 4.39 Å². The van der Waals surface area contributed by atoms with E-state index in [1.807, 2.05) is 13.0 Å². The molecule has 0 atom stereocenters. The maximum Gasteiger partial charge on any atom is 0.127 e. The maximum atomic E-state index is 13.7. The van der Waals surface area contributed by atoms with E-state index in [2.05, 4.69) is 25.7 Å². The first-order chi connectivity index (χ1) is 8.38. The van der Waals surface area contributed by atoms with E-state index in [4.69, 9.17) is 5.73 Å². The molecule has 1 aromatic rings. The van der Waals surface area contributed by atoms with E-state index in [1.165, 1.54) is 0 Å². The largest absolute Gasteiger partial charge is 0.330 e. The third-order valence-corrected chi connectivity index (χ3v) is 3.25. The van der Waals surface area contributed by atoms with Crippen molar-refractivity contribution in [1.82, 2.24) is 4.90 Å². The van der Waals surface area contributed by atoms with E-state index in [1.54, 1.807) is 12.1 Å². The standard InChI is InChI=1S/C15H25FN2/c1-5-18(11-15(3,4)10-17)9-13-8-12(2)6-7-14(13)16/h6-8H,5,9-11,17H2,1-4H3. The summed E-state index contributed by atoms with van der Waals surface area (Å²) in [7, 11) is 0. The molecule has 0 aromatic heterocycles. The second-order valence-electron chi connectivity index (χ2n) is 5.77. The third kappa shape index (κ3) is 4.39. The Kier molecular flexibility index (Phi) is 5.29. The van der Waals surface area contributed by atoms with Crippen molar-refractivity contribution in [2.24, 2.45) is 11.1 Å². The van der Waals surface area contributed by atoms with Crippen molar-refractivity contribution in [3.63, 3.8) is 0 Å². The van der Waals surface area contributed by atoms with Gasteiger partial charge in [0.25, 0.3) is 0 Å². The Morgan fingerprint density at radius 3 is 2.56 bits per heavy atom. The Morgan fingerprint density at radius 1 is 1.33 bits per heavy atom. The first-order valence-corrected chi connectivity index (χ1v) is 6.55. The van der Waals surface area contributed by atoms with Gasteiger partial charge in [0.2, 0.25) is 0 Å². The number of hydrogen-bond donors (Lipinski definition) is 1. The zero-order valence-electron chi connectivity index (χ0n) is 12.0. The maximum absolute atomic E-state index is 13.7. The Hall–Kier alpha value is -0.930. The van der Waals surface area contributed by atoms with Crippen molar-refractivity contribution in [1.29, 1.82) is 0 Å². The fraction of sp³-hybridized carbons (Fsp3) is 0.600. The summed E-state index contributed by atoms with van der Waals surface area (Å²) in [6.07, 6.45) is 0. The lowest BCUT2D eigenvalue weighted by Gasteiger charge is -2.31. The molecule has 0 heterocycles. The second-order valence-corrected chi connectivity index (χ2v) is 5.77. The van der Waals surface area contributed by atoms with Crippen LogP contribution in [0.25, 0.3) is 0 Å². The van der Waals surface area contributed by atoms with Gasteiger partial charge >= 0.3 is 0 Å². The van der Waals surface area contributed by atoms with Crippen molar-refractivity contribution < 1.29 is 4.39 Å². The van der Waals surface area contributed by atoms with Crippen molar-refractivity contribution in [2.75, 3.05) is 19.6 Å². The fourth-order valence-electron chi connectivity index (χ4n) is 2.01. The molecule has 0 aliphatic carbocycles. The molecule has 1 rings (SSSR count). The molecule has 0 aliphatic rings. The smallest absolute Gasteiger partial charge is 0.127 e. The summed E-state index contributed by atoms with van der Waals surface area (Å²) in [5.41, 5.74) is 7.69. The van der Waals surface area contributed by atoms with Crippen molar-refractivity contribution in [3.05, 3.63) is 35.1 Å². The molecule has 18 heavy (non-hydrogen) atoms. The van der Waals surface area contributed by atoms with Gasteiger partial charge in [-0.2, -0.15) is 0 Å². The fourth-order valence-corrected chi connectivity index (χ4v) is 2.01. The van der Waals surface area contributed by atoms with Gasteiger partial charge in [-0.05, 0) is 31.5 Å². The highest BCUT2D eigenvalue weighted by Crippen LogP contribution is 2.18. The monoisotopic (exact) mass is 252 g/mol. The van der Waals surface area contributed by atoms with E-state index in [0.29, 0.717) is 13.1 Å². The van der Waals surface area contributed by atoms with Crippen LogP contribution in [0, 0.1) is 18.2 Å². The van der Waals surface area contributed by atoms with Crippen LogP contribution in [0.5, 0.6) is 0 Å². The van der Waals surface area contributed by atoms with Gasteiger partial charge in [0.05, 0.1) is 0 Å². The van der Waals surface area contributed by atoms with Crippen LogP contribution in [0.15, 0.2) is 18.2 Å². The number of nitrogens with two attached hydrogens (primary N) is 1. The molecule has 0 spiro atoms. The predicted molar refractivity (Wildman–Crippen MR) is 74.9 cm³/mol. The normalized spacial score (nSPS) is 12.2. The lowest BCUT2D eigenvalue weighted by Crippen LogP contribution is -2.38. The van der Waals surface area contributed by atoms with Crippen LogP contribution in [0.1, 0.15) is 31.9 Å². The summed E-state index contributed by atoms with van der Waals surface area (Å²) in [6, 6.07) is 5.28. The molecular formula is C15H25FN2. The Balaban J connectivity index is 2.77. The second kappa shape index (κ2) is 6.30. The van der Waals surface area contributed by atoms with Crippen LogP contribution < -0.4 is 5.73 Å². The lowest BCUT2D eigenvalue weighted by atomic mass is 9.93. The third-order valence-electron chi connectivity index (χ3n) is 3.25. The van der Waals surface area contributed by atoms with Gasteiger partial charge in [0.1, 0.15) is 5.82 Å². The zero-order valence-corrected chi connectivity index (χ0v) is 12.0. The van der Waals surface area contributed by atoms with Crippen molar-refractivity contribution in [2.45, 2.75) is 34.2 Å². The van der Waals surface area contributed by atoms with Gasteiger partial charge in [-0.15, -0.1) is 0 Å². The number of aryl methyl sites for hydroxylation is 1. The van der Waals surface area contributed by atoms with Gasteiger partial charge in [-0.3, -0.25) is 4.90 Å². The highest BCUT2D eigenvalue weighted by atomic mass is 19.1. The molecule has 0 unspecified atom stereocenters. The van der Waals surface area contributed by atoms with Crippen LogP contribution in [0.2, 0.25) is 0 Å². The minimum Gasteiger partial charge on any atom is -0.330 e. The summed E-state index contributed by atoms with van der Waals surface area (Å²) in [5, 5.41) is 0.